The molecule has 0 bridgehead atoms. The SMILES string of the molecule is C[C@H](NC(=O)c1nccnc1N)c1cc2cccc(-c3cnn(C)c3)c2c(=O)n1-c1ccccc1. The lowest BCUT2D eigenvalue weighted by Gasteiger charge is -2.21. The predicted octanol–water partition coefficient (Wildman–Crippen LogP) is 3.25. The van der Waals surface area contributed by atoms with E-state index in [1.54, 1.807) is 15.4 Å². The zero-order chi connectivity index (χ0) is 24.5. The molecule has 0 saturated carbocycles. The fourth-order valence-electron chi connectivity index (χ4n) is 4.21. The summed E-state index contributed by atoms with van der Waals surface area (Å²) in [5.41, 5.74) is 8.63. The summed E-state index contributed by atoms with van der Waals surface area (Å²) in [4.78, 5) is 34.9. The molecular formula is C26H23N7O2. The summed E-state index contributed by atoms with van der Waals surface area (Å²) < 4.78 is 3.33. The summed E-state index contributed by atoms with van der Waals surface area (Å²) in [7, 11) is 1.84. The number of nitrogens with zero attached hydrogens (tertiary/aromatic N) is 5. The van der Waals surface area contributed by atoms with E-state index < -0.39 is 11.9 Å². The van der Waals surface area contributed by atoms with Crippen LogP contribution in [0, 0.1) is 0 Å². The number of hydrogen-bond donors (Lipinski definition) is 2. The molecule has 3 aromatic heterocycles. The molecule has 0 saturated heterocycles. The Hall–Kier alpha value is -4.79. The molecule has 5 aromatic rings. The first kappa shape index (κ1) is 22.0. The molecule has 1 atom stereocenters. The van der Waals surface area contributed by atoms with Gasteiger partial charge >= 0.3 is 0 Å². The zero-order valence-corrected chi connectivity index (χ0v) is 19.2. The van der Waals surface area contributed by atoms with Crippen LogP contribution in [-0.2, 0) is 7.05 Å². The van der Waals surface area contributed by atoms with Gasteiger partial charge in [-0.2, -0.15) is 5.10 Å². The highest BCUT2D eigenvalue weighted by Crippen LogP contribution is 2.29. The van der Waals surface area contributed by atoms with Crippen LogP contribution in [0.1, 0.15) is 29.1 Å². The van der Waals surface area contributed by atoms with Crippen LogP contribution in [0.5, 0.6) is 0 Å². The molecule has 0 unspecified atom stereocenters. The predicted molar refractivity (Wildman–Crippen MR) is 134 cm³/mol. The van der Waals surface area contributed by atoms with E-state index in [0.717, 1.165) is 16.5 Å². The summed E-state index contributed by atoms with van der Waals surface area (Å²) >= 11 is 0. The van der Waals surface area contributed by atoms with Gasteiger partial charge in [-0.05, 0) is 36.1 Å². The Labute approximate surface area is 200 Å². The molecule has 5 rings (SSSR count). The van der Waals surface area contributed by atoms with Crippen molar-refractivity contribution in [1.82, 2.24) is 29.6 Å². The number of fused-ring (bicyclic) bond motifs is 1. The average molecular weight is 466 g/mol. The number of nitrogens with one attached hydrogen (secondary N) is 1. The van der Waals surface area contributed by atoms with Gasteiger partial charge in [0.1, 0.15) is 0 Å². The first-order valence-corrected chi connectivity index (χ1v) is 11.0. The molecule has 0 aliphatic carbocycles. The van der Waals surface area contributed by atoms with Crippen molar-refractivity contribution in [3.8, 4) is 16.8 Å². The maximum absolute atomic E-state index is 14.0. The van der Waals surface area contributed by atoms with Gasteiger partial charge in [0.15, 0.2) is 11.5 Å². The summed E-state index contributed by atoms with van der Waals surface area (Å²) in [6.45, 7) is 1.81. The van der Waals surface area contributed by atoms with Crippen molar-refractivity contribution in [3.63, 3.8) is 0 Å². The molecule has 0 aliphatic heterocycles. The van der Waals surface area contributed by atoms with Crippen LogP contribution in [0.2, 0.25) is 0 Å². The van der Waals surface area contributed by atoms with E-state index in [2.05, 4.69) is 20.4 Å². The number of carbonyl (C=O) groups is 1. The molecule has 9 nitrogen and oxygen atoms in total. The van der Waals surface area contributed by atoms with Gasteiger partial charge in [0.05, 0.1) is 17.6 Å². The van der Waals surface area contributed by atoms with Crippen LogP contribution >= 0.6 is 0 Å². The van der Waals surface area contributed by atoms with Crippen LogP contribution in [0.3, 0.4) is 0 Å². The van der Waals surface area contributed by atoms with Crippen LogP contribution in [0.25, 0.3) is 27.6 Å². The number of para-hydroxylation sites is 1. The van der Waals surface area contributed by atoms with Crippen LogP contribution in [-0.4, -0.2) is 30.2 Å². The smallest absolute Gasteiger partial charge is 0.274 e. The maximum atomic E-state index is 14.0. The highest BCUT2D eigenvalue weighted by Gasteiger charge is 2.22. The first-order valence-electron chi connectivity index (χ1n) is 11.0. The van der Waals surface area contributed by atoms with Crippen molar-refractivity contribution < 1.29 is 4.79 Å². The molecule has 3 heterocycles. The maximum Gasteiger partial charge on any atom is 0.274 e. The van der Waals surface area contributed by atoms with Gasteiger partial charge in [-0.1, -0.05) is 36.4 Å². The molecular weight excluding hydrogens is 442 g/mol. The number of aryl methyl sites for hydroxylation is 1. The lowest BCUT2D eigenvalue weighted by molar-refractivity contribution is 0.0934. The van der Waals surface area contributed by atoms with Crippen molar-refractivity contribution in [2.75, 3.05) is 5.73 Å². The second kappa shape index (κ2) is 8.86. The molecule has 0 fully saturated rings. The lowest BCUT2D eigenvalue weighted by Crippen LogP contribution is -2.33. The third-order valence-electron chi connectivity index (χ3n) is 5.84. The van der Waals surface area contributed by atoms with Gasteiger partial charge in [-0.25, -0.2) is 9.97 Å². The third-order valence-corrected chi connectivity index (χ3v) is 5.84. The molecule has 0 spiro atoms. The lowest BCUT2D eigenvalue weighted by atomic mass is 9.99. The molecule has 174 valence electrons. The number of anilines is 1. The summed E-state index contributed by atoms with van der Waals surface area (Å²) in [5.74, 6) is -0.434. The molecule has 3 N–H and O–H groups in total. The molecule has 35 heavy (non-hydrogen) atoms. The highest BCUT2D eigenvalue weighted by atomic mass is 16.2. The minimum atomic E-state index is -0.539. The average Bonchev–Trinajstić information content (AvgIpc) is 3.30. The number of amides is 1. The number of hydrogen-bond acceptors (Lipinski definition) is 6. The number of aromatic nitrogens is 5. The summed E-state index contributed by atoms with van der Waals surface area (Å²) in [6.07, 6.45) is 6.45. The van der Waals surface area contributed by atoms with Gasteiger partial charge in [0, 0.05) is 42.6 Å². The monoisotopic (exact) mass is 465 g/mol. The van der Waals surface area contributed by atoms with Crippen molar-refractivity contribution in [1.29, 1.82) is 0 Å². The molecule has 1 amide bonds. The van der Waals surface area contributed by atoms with Crippen LogP contribution in [0.4, 0.5) is 5.82 Å². The van der Waals surface area contributed by atoms with Gasteiger partial charge in [-0.15, -0.1) is 0 Å². The second-order valence-electron chi connectivity index (χ2n) is 8.20. The second-order valence-corrected chi connectivity index (χ2v) is 8.20. The molecule has 0 radical (unpaired) electrons. The topological polar surface area (TPSA) is 121 Å². The van der Waals surface area contributed by atoms with E-state index in [0.29, 0.717) is 16.8 Å². The zero-order valence-electron chi connectivity index (χ0n) is 19.2. The van der Waals surface area contributed by atoms with E-state index >= 15 is 0 Å². The molecule has 9 heteroatoms. The fraction of sp³-hybridized carbons (Fsp3) is 0.115. The van der Waals surface area contributed by atoms with Crippen LogP contribution < -0.4 is 16.6 Å². The Morgan fingerprint density at radius 1 is 1.06 bits per heavy atom. The van der Waals surface area contributed by atoms with Crippen molar-refractivity contribution in [2.45, 2.75) is 13.0 Å². The van der Waals surface area contributed by atoms with Crippen LogP contribution in [0.15, 0.2) is 84.2 Å². The summed E-state index contributed by atoms with van der Waals surface area (Å²) in [6, 6.07) is 16.4. The number of rotatable bonds is 5. The van der Waals surface area contributed by atoms with Crippen molar-refractivity contribution >= 4 is 22.5 Å². The van der Waals surface area contributed by atoms with E-state index in [4.69, 9.17) is 5.73 Å². The number of pyridine rings is 1. The van der Waals surface area contributed by atoms with Gasteiger partial charge in [0.2, 0.25) is 0 Å². The largest absolute Gasteiger partial charge is 0.382 e. The normalized spacial score (nSPS) is 11.9. The molecule has 2 aromatic carbocycles. The van der Waals surface area contributed by atoms with Gasteiger partial charge in [-0.3, -0.25) is 18.8 Å². The van der Waals surface area contributed by atoms with Gasteiger partial charge < -0.3 is 11.1 Å². The van der Waals surface area contributed by atoms with E-state index in [9.17, 15) is 9.59 Å². The van der Waals surface area contributed by atoms with E-state index in [-0.39, 0.29) is 17.1 Å². The fourth-order valence-corrected chi connectivity index (χ4v) is 4.21. The standard InChI is InChI=1S/C26H23N7O2/c1-16(31-25(34)23-24(27)29-12-11-28-23)21-13-17-7-6-10-20(18-14-30-32(2)15-18)22(17)26(35)33(21)19-8-4-3-5-9-19/h3-16H,1-2H3,(H2,27,29)(H,31,34)/t16-/m0/s1. The first-order chi connectivity index (χ1) is 16.9. The van der Waals surface area contributed by atoms with Gasteiger partial charge in [0.25, 0.3) is 11.5 Å². The number of nitrogens with two attached hydrogens (primary N) is 1. The highest BCUT2D eigenvalue weighted by molar-refractivity contribution is 5.97. The number of benzene rings is 2. The Kier molecular flexibility index (Phi) is 5.58. The third kappa shape index (κ3) is 4.04. The number of nitrogen functional groups attached to an aromatic ring is 1. The number of carbonyl (C=O) groups excluding carboxylic acids is 1. The minimum Gasteiger partial charge on any atom is -0.382 e. The Morgan fingerprint density at radius 3 is 2.54 bits per heavy atom. The Balaban J connectivity index is 1.69. The van der Waals surface area contributed by atoms with E-state index in [1.807, 2.05) is 74.8 Å². The van der Waals surface area contributed by atoms with Crippen molar-refractivity contribution in [2.24, 2.45) is 7.05 Å². The minimum absolute atomic E-state index is 0.0348. The quantitative estimate of drug-likeness (QED) is 0.411. The van der Waals surface area contributed by atoms with Crippen molar-refractivity contribution in [3.05, 3.63) is 101 Å². The Bertz CT molecular complexity index is 1610. The molecule has 0 aliphatic rings. The van der Waals surface area contributed by atoms with E-state index in [1.165, 1.54) is 12.4 Å². The Morgan fingerprint density at radius 2 is 1.83 bits per heavy atom. The summed E-state index contributed by atoms with van der Waals surface area (Å²) in [5, 5.41) is 8.51.